The Bertz CT molecular complexity index is 1000. The van der Waals surface area contributed by atoms with Crippen LogP contribution in [0.25, 0.3) is 6.08 Å². The molecule has 4 unspecified atom stereocenters. The Hall–Kier alpha value is -1.65. The lowest BCUT2D eigenvalue weighted by Gasteiger charge is -2.64. The highest BCUT2D eigenvalue weighted by Crippen LogP contribution is 2.69. The van der Waals surface area contributed by atoms with Gasteiger partial charge < -0.3 is 15.3 Å². The van der Waals surface area contributed by atoms with Gasteiger partial charge in [-0.05, 0) is 121 Å². The lowest BCUT2D eigenvalue weighted by molar-refractivity contribution is -0.203. The largest absolute Gasteiger partial charge is 0.478 e. The number of fused-ring (bicyclic) bond motifs is 5. The third-order valence-electron chi connectivity index (χ3n) is 12.1. The Balaban J connectivity index is 1.31. The van der Waals surface area contributed by atoms with E-state index in [9.17, 15) is 15.0 Å². The molecule has 4 heteroatoms. The third kappa shape index (κ3) is 4.50. The second kappa shape index (κ2) is 10.2. The molecule has 204 valence electrons. The van der Waals surface area contributed by atoms with E-state index in [-0.39, 0.29) is 23.0 Å². The molecule has 11 atom stereocenters. The van der Waals surface area contributed by atoms with Crippen molar-refractivity contribution in [3.63, 3.8) is 0 Å². The van der Waals surface area contributed by atoms with Crippen LogP contribution >= 0.6 is 0 Å². The summed E-state index contributed by atoms with van der Waals surface area (Å²) in [6, 6.07) is 7.10. The number of allylic oxidation sites excluding steroid dienone is 1. The number of hydrogen-bond donors (Lipinski definition) is 3. The maximum Gasteiger partial charge on any atom is 0.335 e. The van der Waals surface area contributed by atoms with Crippen LogP contribution < -0.4 is 0 Å². The van der Waals surface area contributed by atoms with Crippen molar-refractivity contribution in [2.75, 3.05) is 0 Å². The van der Waals surface area contributed by atoms with Crippen molar-refractivity contribution in [2.24, 2.45) is 52.3 Å². The first-order valence-electron chi connectivity index (χ1n) is 15.0. The second-order valence-corrected chi connectivity index (χ2v) is 13.7. The molecule has 0 radical (unpaired) electrons. The number of carbonyl (C=O) groups is 1. The van der Waals surface area contributed by atoms with Crippen LogP contribution in [0.15, 0.2) is 30.3 Å². The maximum absolute atomic E-state index is 11.9. The quantitative estimate of drug-likeness (QED) is 0.385. The van der Waals surface area contributed by atoms with Gasteiger partial charge in [0.15, 0.2) is 0 Å². The van der Waals surface area contributed by atoms with Crippen molar-refractivity contribution in [3.8, 4) is 0 Å². The molecule has 4 saturated carbocycles. The zero-order valence-corrected chi connectivity index (χ0v) is 23.3. The van der Waals surface area contributed by atoms with Gasteiger partial charge in [0.25, 0.3) is 0 Å². The Morgan fingerprint density at radius 1 is 1.00 bits per heavy atom. The molecule has 0 spiro atoms. The van der Waals surface area contributed by atoms with Crippen molar-refractivity contribution < 1.29 is 20.1 Å². The molecule has 3 N–H and O–H groups in total. The van der Waals surface area contributed by atoms with E-state index < -0.39 is 5.97 Å². The van der Waals surface area contributed by atoms with E-state index in [1.54, 1.807) is 12.1 Å². The van der Waals surface area contributed by atoms with E-state index in [0.29, 0.717) is 47.0 Å². The molecule has 0 aromatic heterocycles. The summed E-state index contributed by atoms with van der Waals surface area (Å²) in [5.41, 5.74) is 1.91. The van der Waals surface area contributed by atoms with Crippen LogP contribution in [0.3, 0.4) is 0 Å². The fourth-order valence-electron chi connectivity index (χ4n) is 10.3. The molecule has 0 heterocycles. The van der Waals surface area contributed by atoms with Crippen LogP contribution in [-0.4, -0.2) is 33.5 Å². The summed E-state index contributed by atoms with van der Waals surface area (Å²) in [4.78, 5) is 11.1. The van der Waals surface area contributed by atoms with Crippen molar-refractivity contribution in [1.29, 1.82) is 0 Å². The second-order valence-electron chi connectivity index (χ2n) is 13.7. The molecular formula is C33H48O4. The summed E-state index contributed by atoms with van der Waals surface area (Å²) in [6.45, 7) is 9.72. The fourth-order valence-corrected chi connectivity index (χ4v) is 10.3. The maximum atomic E-state index is 11.9. The van der Waals surface area contributed by atoms with Gasteiger partial charge >= 0.3 is 5.97 Å². The van der Waals surface area contributed by atoms with E-state index in [2.05, 4.69) is 39.8 Å². The molecule has 4 fully saturated rings. The van der Waals surface area contributed by atoms with Crippen molar-refractivity contribution in [1.82, 2.24) is 0 Å². The van der Waals surface area contributed by atoms with E-state index in [0.717, 1.165) is 37.7 Å². The third-order valence-corrected chi connectivity index (χ3v) is 12.1. The average molecular weight is 509 g/mol. The van der Waals surface area contributed by atoms with E-state index in [1.165, 1.54) is 25.7 Å². The Morgan fingerprint density at radius 2 is 1.68 bits per heavy atom. The number of rotatable bonds is 6. The number of benzene rings is 1. The minimum absolute atomic E-state index is 0.190. The van der Waals surface area contributed by atoms with E-state index >= 15 is 0 Å². The minimum Gasteiger partial charge on any atom is -0.478 e. The molecule has 0 bridgehead atoms. The minimum atomic E-state index is -0.887. The monoisotopic (exact) mass is 508 g/mol. The predicted molar refractivity (Wildman–Crippen MR) is 148 cm³/mol. The van der Waals surface area contributed by atoms with Gasteiger partial charge in [-0.1, -0.05) is 58.4 Å². The SMILES string of the molecule is CC[C@H]1C(O)C2C3CC[C@H]([C@H](C)C/C=C/c4ccc(C(=O)O)cc4)[C@@]3(C)CCC2[C@@]2(C)CC[C@@H](O)C[C@@H]12. The summed E-state index contributed by atoms with van der Waals surface area (Å²) in [5.74, 6) is 2.72. The van der Waals surface area contributed by atoms with Crippen LogP contribution in [0.1, 0.15) is 101 Å². The Kier molecular flexibility index (Phi) is 7.39. The number of aliphatic hydroxyl groups excluding tert-OH is 2. The highest BCUT2D eigenvalue weighted by molar-refractivity contribution is 5.87. The predicted octanol–water partition coefficient (Wildman–Crippen LogP) is 7.05. The van der Waals surface area contributed by atoms with Gasteiger partial charge in [-0.3, -0.25) is 0 Å². The smallest absolute Gasteiger partial charge is 0.335 e. The topological polar surface area (TPSA) is 77.8 Å². The number of carboxylic acid groups (broad SMARTS) is 1. The molecule has 0 amide bonds. The molecule has 1 aromatic carbocycles. The first-order chi connectivity index (χ1) is 17.6. The summed E-state index contributed by atoms with van der Waals surface area (Å²) >= 11 is 0. The molecule has 4 nitrogen and oxygen atoms in total. The highest BCUT2D eigenvalue weighted by Gasteiger charge is 2.64. The number of aromatic carboxylic acids is 1. The van der Waals surface area contributed by atoms with Crippen LogP contribution in [-0.2, 0) is 0 Å². The first-order valence-corrected chi connectivity index (χ1v) is 15.0. The zero-order chi connectivity index (χ0) is 26.5. The van der Waals surface area contributed by atoms with Crippen LogP contribution in [0.2, 0.25) is 0 Å². The van der Waals surface area contributed by atoms with Crippen molar-refractivity contribution in [3.05, 3.63) is 41.5 Å². The molecule has 1 aromatic rings. The van der Waals surface area contributed by atoms with Gasteiger partial charge in [0.2, 0.25) is 0 Å². The summed E-state index contributed by atoms with van der Waals surface area (Å²) in [6.07, 6.45) is 13.9. The summed E-state index contributed by atoms with van der Waals surface area (Å²) < 4.78 is 0. The lowest BCUT2D eigenvalue weighted by Crippen LogP contribution is -2.62. The molecule has 37 heavy (non-hydrogen) atoms. The average Bonchev–Trinajstić information content (AvgIpc) is 3.23. The Labute approximate surface area is 223 Å². The molecule has 5 rings (SSSR count). The Morgan fingerprint density at radius 3 is 2.35 bits per heavy atom. The van der Waals surface area contributed by atoms with E-state index in [4.69, 9.17) is 5.11 Å². The van der Waals surface area contributed by atoms with Crippen LogP contribution in [0.5, 0.6) is 0 Å². The van der Waals surface area contributed by atoms with Gasteiger partial charge in [0.1, 0.15) is 0 Å². The van der Waals surface area contributed by atoms with Gasteiger partial charge in [-0.15, -0.1) is 0 Å². The lowest BCUT2D eigenvalue weighted by atomic mass is 9.41. The zero-order valence-electron chi connectivity index (χ0n) is 23.3. The molecule has 4 aliphatic carbocycles. The van der Waals surface area contributed by atoms with Gasteiger partial charge in [0, 0.05) is 0 Å². The van der Waals surface area contributed by atoms with Crippen molar-refractivity contribution in [2.45, 2.75) is 97.7 Å². The molecule has 4 aliphatic rings. The van der Waals surface area contributed by atoms with Crippen LogP contribution in [0, 0.1) is 52.3 Å². The normalized spacial score (nSPS) is 44.2. The highest BCUT2D eigenvalue weighted by atomic mass is 16.4. The van der Waals surface area contributed by atoms with Crippen molar-refractivity contribution >= 4 is 12.0 Å². The summed E-state index contributed by atoms with van der Waals surface area (Å²) in [7, 11) is 0. The fraction of sp³-hybridized carbons (Fsp3) is 0.727. The van der Waals surface area contributed by atoms with Gasteiger partial charge in [-0.2, -0.15) is 0 Å². The van der Waals surface area contributed by atoms with Gasteiger partial charge in [-0.25, -0.2) is 4.79 Å². The number of hydrogen-bond acceptors (Lipinski definition) is 3. The molecule has 0 saturated heterocycles. The van der Waals surface area contributed by atoms with E-state index in [1.807, 2.05) is 12.1 Å². The van der Waals surface area contributed by atoms with Crippen LogP contribution in [0.4, 0.5) is 0 Å². The molecular weight excluding hydrogens is 460 g/mol. The number of aliphatic hydroxyl groups is 2. The molecule has 0 aliphatic heterocycles. The first kappa shape index (κ1) is 26.9. The standard InChI is InChI=1S/C33H48O4/c1-5-24-28-19-23(34)15-17-33(28,4)27-16-18-32(3)25(13-14-26(32)29(27)30(24)35)20(2)7-6-8-21-9-11-22(12-10-21)31(36)37/h6,8-12,20,23-30,34-35H,5,7,13-19H2,1-4H3,(H,36,37)/b8-6+/t20-,23-,24-,25-,26?,27?,28+,29?,30?,32-,33-/m1/s1. The number of carboxylic acids is 1. The van der Waals surface area contributed by atoms with Gasteiger partial charge in [0.05, 0.1) is 17.8 Å². The summed E-state index contributed by atoms with van der Waals surface area (Å²) in [5, 5.41) is 31.5.